The number of carbonyl (C=O) groups is 1. The Morgan fingerprint density at radius 1 is 1.20 bits per heavy atom. The Bertz CT molecular complexity index is 1170. The van der Waals surface area contributed by atoms with Crippen LogP contribution in [-0.4, -0.2) is 56.9 Å². The first-order valence-corrected chi connectivity index (χ1v) is 12.6. The molecule has 0 atom stereocenters. The largest absolute Gasteiger partial charge is 0.434 e. The third-order valence-electron chi connectivity index (χ3n) is 7.08. The second-order valence-electron chi connectivity index (χ2n) is 10.1. The molecule has 0 unspecified atom stereocenters. The molecular formula is C25H30F8N4O3. The maximum atomic E-state index is 13.2. The van der Waals surface area contributed by atoms with Crippen molar-refractivity contribution in [3.63, 3.8) is 0 Å². The molecule has 7 nitrogen and oxygen atoms in total. The summed E-state index contributed by atoms with van der Waals surface area (Å²) in [4.78, 5) is 16.6. The molecule has 1 saturated carbocycles. The molecule has 2 aromatic rings. The molecule has 0 aromatic carbocycles. The second-order valence-corrected chi connectivity index (χ2v) is 10.1. The molecule has 224 valence electrons. The van der Waals surface area contributed by atoms with Gasteiger partial charge in [-0.15, -0.1) is 0 Å². The Morgan fingerprint density at radius 3 is 2.33 bits per heavy atom. The van der Waals surface area contributed by atoms with Crippen molar-refractivity contribution in [3.8, 4) is 17.0 Å². The van der Waals surface area contributed by atoms with Gasteiger partial charge >= 0.3 is 19.0 Å². The van der Waals surface area contributed by atoms with Crippen molar-refractivity contribution in [2.75, 3.05) is 6.54 Å². The summed E-state index contributed by atoms with van der Waals surface area (Å²) in [5.41, 5.74) is -1.92. The maximum absolute atomic E-state index is 13.2. The maximum Gasteiger partial charge on any atom is 0.400 e. The number of aromatic nitrogens is 3. The van der Waals surface area contributed by atoms with Gasteiger partial charge in [-0.05, 0) is 45.4 Å². The number of halogens is 8. The summed E-state index contributed by atoms with van der Waals surface area (Å²) in [6, 6.07) is 0.595. The Balaban J connectivity index is 1.95. The topological polar surface area (TPSA) is 89.3 Å². The molecule has 40 heavy (non-hydrogen) atoms. The minimum atomic E-state index is -5.65. The van der Waals surface area contributed by atoms with Crippen molar-refractivity contribution in [1.82, 2.24) is 20.1 Å². The molecule has 0 aliphatic heterocycles. The van der Waals surface area contributed by atoms with Crippen LogP contribution in [-0.2, 0) is 13.0 Å². The van der Waals surface area contributed by atoms with Crippen LogP contribution in [0.3, 0.4) is 0 Å². The van der Waals surface area contributed by atoms with Gasteiger partial charge in [-0.25, -0.2) is 0 Å². The number of pyridine rings is 1. The van der Waals surface area contributed by atoms with Crippen molar-refractivity contribution >= 4 is 5.91 Å². The van der Waals surface area contributed by atoms with Crippen molar-refractivity contribution in [1.29, 1.82) is 0 Å². The fraction of sp³-hybridized carbons (Fsp3) is 0.640. The van der Waals surface area contributed by atoms with Gasteiger partial charge in [0, 0.05) is 43.0 Å². The Kier molecular flexibility index (Phi) is 9.36. The van der Waals surface area contributed by atoms with Crippen molar-refractivity contribution in [3.05, 3.63) is 29.2 Å². The molecule has 1 aliphatic rings. The van der Waals surface area contributed by atoms with E-state index in [0.29, 0.717) is 24.8 Å². The van der Waals surface area contributed by atoms with E-state index < -0.39 is 54.3 Å². The molecule has 0 spiro atoms. The van der Waals surface area contributed by atoms with E-state index in [1.54, 1.807) is 6.92 Å². The van der Waals surface area contributed by atoms with Gasteiger partial charge in [0.05, 0.1) is 16.9 Å². The molecule has 0 bridgehead atoms. The molecule has 1 aliphatic carbocycles. The van der Waals surface area contributed by atoms with Gasteiger partial charge in [0.2, 0.25) is 0 Å². The number of hydrogen-bond acceptors (Lipinski definition) is 5. The Labute approximate surface area is 224 Å². The first kappa shape index (κ1) is 31.6. The normalized spacial score (nSPS) is 20.3. The summed E-state index contributed by atoms with van der Waals surface area (Å²) in [5.74, 6) is -4.69. The highest BCUT2D eigenvalue weighted by molar-refractivity contribution is 5.95. The fourth-order valence-electron chi connectivity index (χ4n) is 4.73. The highest BCUT2D eigenvalue weighted by atomic mass is 19.4. The smallest absolute Gasteiger partial charge is 0.400 e. The highest BCUT2D eigenvalue weighted by Gasteiger charge is 2.56. The van der Waals surface area contributed by atoms with Crippen LogP contribution in [0.25, 0.3) is 11.3 Å². The van der Waals surface area contributed by atoms with Gasteiger partial charge in [-0.2, -0.15) is 40.2 Å². The van der Waals surface area contributed by atoms with Crippen LogP contribution in [0.4, 0.5) is 35.1 Å². The van der Waals surface area contributed by atoms with Gasteiger partial charge in [0.15, 0.2) is 11.6 Å². The third kappa shape index (κ3) is 7.40. The number of rotatable bonds is 9. The van der Waals surface area contributed by atoms with E-state index in [0.717, 1.165) is 19.0 Å². The average molecular weight is 587 g/mol. The van der Waals surface area contributed by atoms with E-state index in [-0.39, 0.29) is 35.6 Å². The number of aryl methyl sites for hydroxylation is 1. The molecule has 1 amide bonds. The molecule has 15 heteroatoms. The summed E-state index contributed by atoms with van der Waals surface area (Å²) < 4.78 is 110. The molecular weight excluding hydrogens is 556 g/mol. The lowest BCUT2D eigenvalue weighted by molar-refractivity contribution is -0.283. The van der Waals surface area contributed by atoms with E-state index in [9.17, 15) is 45.0 Å². The van der Waals surface area contributed by atoms with E-state index >= 15 is 0 Å². The number of nitrogens with zero attached hydrogens (tertiary/aromatic N) is 3. The molecule has 1 fully saturated rings. The average Bonchev–Trinajstić information content (AvgIpc) is 3.17. The number of ether oxygens (including phenoxy) is 1. The molecule has 2 aromatic heterocycles. The first-order chi connectivity index (χ1) is 18.4. The van der Waals surface area contributed by atoms with Gasteiger partial charge < -0.3 is 15.2 Å². The lowest BCUT2D eigenvalue weighted by atomic mass is 9.79. The second kappa shape index (κ2) is 11.9. The Hall–Kier alpha value is -2.97. The Morgan fingerprint density at radius 2 is 1.80 bits per heavy atom. The number of hydrogen-bond donors (Lipinski definition) is 2. The van der Waals surface area contributed by atoms with Crippen LogP contribution in [0, 0.1) is 18.8 Å². The first-order valence-electron chi connectivity index (χ1n) is 12.6. The van der Waals surface area contributed by atoms with Crippen LogP contribution >= 0.6 is 0 Å². The van der Waals surface area contributed by atoms with Crippen LogP contribution < -0.4 is 10.1 Å². The summed E-state index contributed by atoms with van der Waals surface area (Å²) in [6.45, 7) is 1.75. The van der Waals surface area contributed by atoms with Crippen LogP contribution in [0.2, 0.25) is 0 Å². The van der Waals surface area contributed by atoms with Gasteiger partial charge in [-0.1, -0.05) is 6.92 Å². The predicted molar refractivity (Wildman–Crippen MR) is 127 cm³/mol. The number of nitrogens with one attached hydrogen (secondary N) is 1. The minimum Gasteiger partial charge on any atom is -0.434 e. The zero-order valence-corrected chi connectivity index (χ0v) is 22.0. The number of alkyl halides is 8. The minimum absolute atomic E-state index is 0.0398. The third-order valence-corrected chi connectivity index (χ3v) is 7.08. The van der Waals surface area contributed by atoms with Crippen LogP contribution in [0.1, 0.15) is 61.3 Å². The summed E-state index contributed by atoms with van der Waals surface area (Å²) >= 11 is 0. The number of carbonyl (C=O) groups excluding carboxylic acids is 1. The monoisotopic (exact) mass is 586 g/mol. The standard InChI is InChI=1S/C25H30F8N4O3/c1-4-37-20(14(3)19(36-37)21(38)35-12-23(39)7-5-13(2)6-8-23)16-11-34-15(9-17(16)40-22(26)27)10-18(24(28,29)30)25(31,32)33/h9,11,13,18,22,39H,4-8,10,12H2,1-3H3,(H,35,38). The lowest BCUT2D eigenvalue weighted by Crippen LogP contribution is -2.45. The highest BCUT2D eigenvalue weighted by Crippen LogP contribution is 2.42. The van der Waals surface area contributed by atoms with Gasteiger partial charge in [0.25, 0.3) is 5.91 Å². The lowest BCUT2D eigenvalue weighted by Gasteiger charge is -2.34. The van der Waals surface area contributed by atoms with Crippen LogP contribution in [0.15, 0.2) is 12.3 Å². The molecule has 3 rings (SSSR count). The van der Waals surface area contributed by atoms with Crippen molar-refractivity contribution < 1.29 is 49.8 Å². The molecule has 2 heterocycles. The fourth-order valence-corrected chi connectivity index (χ4v) is 4.73. The quantitative estimate of drug-likeness (QED) is 0.361. The molecule has 0 radical (unpaired) electrons. The summed E-state index contributed by atoms with van der Waals surface area (Å²) in [6.07, 6.45) is -9.54. The van der Waals surface area contributed by atoms with E-state index in [1.165, 1.54) is 11.6 Å². The van der Waals surface area contributed by atoms with E-state index in [1.807, 2.05) is 0 Å². The number of aliphatic hydroxyl groups is 1. The molecule has 0 saturated heterocycles. The van der Waals surface area contributed by atoms with Crippen molar-refractivity contribution in [2.24, 2.45) is 11.8 Å². The van der Waals surface area contributed by atoms with Gasteiger partial charge in [0.1, 0.15) is 5.75 Å². The SMILES string of the molecule is CCn1nc(C(=O)NCC2(O)CCC(C)CC2)c(C)c1-c1cnc(CC(C(F)(F)F)C(F)(F)F)cc1OC(F)F. The van der Waals surface area contributed by atoms with Gasteiger partial charge in [-0.3, -0.25) is 14.5 Å². The number of amides is 1. The zero-order chi connectivity index (χ0) is 30.0. The molecule has 2 N–H and O–H groups in total. The van der Waals surface area contributed by atoms with Crippen molar-refractivity contribution in [2.45, 2.75) is 84.0 Å². The van der Waals surface area contributed by atoms with Crippen LogP contribution in [0.5, 0.6) is 5.75 Å². The predicted octanol–water partition coefficient (Wildman–Crippen LogP) is 5.83. The van der Waals surface area contributed by atoms with E-state index in [4.69, 9.17) is 0 Å². The summed E-state index contributed by atoms with van der Waals surface area (Å²) in [5, 5.41) is 17.6. The summed E-state index contributed by atoms with van der Waals surface area (Å²) in [7, 11) is 0. The zero-order valence-electron chi connectivity index (χ0n) is 22.0. The van der Waals surface area contributed by atoms with E-state index in [2.05, 4.69) is 27.1 Å².